The van der Waals surface area contributed by atoms with Crippen molar-refractivity contribution in [1.29, 1.82) is 0 Å². The zero-order valence-electron chi connectivity index (χ0n) is 13.3. The molecule has 2 rings (SSSR count). The molecule has 23 heavy (non-hydrogen) atoms. The van der Waals surface area contributed by atoms with Gasteiger partial charge in [0.1, 0.15) is 6.10 Å². The molecule has 2 aromatic rings. The Kier molecular flexibility index (Phi) is 5.13. The summed E-state index contributed by atoms with van der Waals surface area (Å²) < 4.78 is 1.19. The zero-order chi connectivity index (χ0) is 17.0. The predicted octanol–water partition coefficient (Wildman–Crippen LogP) is 1.93. The molecule has 0 radical (unpaired) electrons. The Labute approximate surface area is 135 Å². The summed E-state index contributed by atoms with van der Waals surface area (Å²) in [6, 6.07) is 10.9. The van der Waals surface area contributed by atoms with E-state index in [1.54, 1.807) is 19.9 Å². The van der Waals surface area contributed by atoms with Gasteiger partial charge in [-0.2, -0.15) is 0 Å². The maximum absolute atomic E-state index is 12.2. The van der Waals surface area contributed by atoms with Gasteiger partial charge in [-0.1, -0.05) is 44.2 Å². The molecule has 0 bridgehead atoms. The number of ketones is 1. The Bertz CT molecular complexity index is 688. The maximum atomic E-state index is 12.2. The number of Topliss-reactive ketones (excluding diaryl/α,β-unsaturated/α-hetero) is 1. The summed E-state index contributed by atoms with van der Waals surface area (Å²) in [4.78, 5) is 24.5. The lowest BCUT2D eigenvalue weighted by atomic mass is 9.87. The SMILES string of the molecule is CC(C)(CO)[C@@H](O)C(=O)n1ccc(C(=O)Cc2ccccc2)c1. The van der Waals surface area contributed by atoms with E-state index in [4.69, 9.17) is 0 Å². The summed E-state index contributed by atoms with van der Waals surface area (Å²) in [5.74, 6) is -0.665. The largest absolute Gasteiger partial charge is 0.396 e. The number of rotatable bonds is 6. The topological polar surface area (TPSA) is 79.5 Å². The van der Waals surface area contributed by atoms with Crippen LogP contribution in [0.1, 0.15) is 34.6 Å². The quantitative estimate of drug-likeness (QED) is 0.798. The van der Waals surface area contributed by atoms with Crippen molar-refractivity contribution >= 4 is 11.7 Å². The summed E-state index contributed by atoms with van der Waals surface area (Å²) in [6.07, 6.45) is 1.78. The average Bonchev–Trinajstić information content (AvgIpc) is 3.04. The van der Waals surface area contributed by atoms with Gasteiger partial charge >= 0.3 is 0 Å². The van der Waals surface area contributed by atoms with E-state index < -0.39 is 17.4 Å². The summed E-state index contributed by atoms with van der Waals surface area (Å²) >= 11 is 0. The first kappa shape index (κ1) is 17.1. The third-order valence-electron chi connectivity index (χ3n) is 3.86. The van der Waals surface area contributed by atoms with E-state index in [0.29, 0.717) is 5.56 Å². The highest BCUT2D eigenvalue weighted by molar-refractivity contribution is 5.98. The van der Waals surface area contributed by atoms with Crippen LogP contribution >= 0.6 is 0 Å². The van der Waals surface area contributed by atoms with Crippen molar-refractivity contribution in [3.05, 3.63) is 59.9 Å². The smallest absolute Gasteiger partial charge is 0.260 e. The van der Waals surface area contributed by atoms with Gasteiger partial charge < -0.3 is 10.2 Å². The molecular weight excluding hydrogens is 294 g/mol. The molecule has 5 nitrogen and oxygen atoms in total. The molecule has 2 N–H and O–H groups in total. The van der Waals surface area contributed by atoms with Crippen LogP contribution in [0, 0.1) is 5.41 Å². The summed E-state index contributed by atoms with van der Waals surface area (Å²) in [5.41, 5.74) is 0.365. The van der Waals surface area contributed by atoms with Crippen LogP contribution in [-0.4, -0.2) is 39.2 Å². The number of aliphatic hydroxyl groups is 2. The number of nitrogens with zero attached hydrogens (tertiary/aromatic N) is 1. The zero-order valence-corrected chi connectivity index (χ0v) is 13.3. The van der Waals surface area contributed by atoms with Gasteiger partial charge in [0.15, 0.2) is 5.78 Å². The van der Waals surface area contributed by atoms with E-state index in [1.807, 2.05) is 30.3 Å². The molecule has 5 heteroatoms. The molecular formula is C18H21NO4. The van der Waals surface area contributed by atoms with Crippen molar-refractivity contribution in [2.45, 2.75) is 26.4 Å². The van der Waals surface area contributed by atoms with Gasteiger partial charge in [-0.3, -0.25) is 14.2 Å². The lowest BCUT2D eigenvalue weighted by Crippen LogP contribution is -2.41. The Balaban J connectivity index is 2.11. The Hall–Kier alpha value is -2.24. The van der Waals surface area contributed by atoms with Gasteiger partial charge in [-0.15, -0.1) is 0 Å². The fourth-order valence-electron chi connectivity index (χ4n) is 2.14. The Morgan fingerprint density at radius 3 is 2.43 bits per heavy atom. The number of benzene rings is 1. The molecule has 0 saturated heterocycles. The van der Waals surface area contributed by atoms with Crippen molar-refractivity contribution in [2.75, 3.05) is 6.61 Å². The van der Waals surface area contributed by atoms with Crippen molar-refractivity contribution in [1.82, 2.24) is 4.57 Å². The molecule has 122 valence electrons. The third kappa shape index (κ3) is 3.94. The van der Waals surface area contributed by atoms with E-state index in [0.717, 1.165) is 5.56 Å². The average molecular weight is 315 g/mol. The monoisotopic (exact) mass is 315 g/mol. The molecule has 1 aromatic carbocycles. The first-order valence-corrected chi connectivity index (χ1v) is 7.43. The van der Waals surface area contributed by atoms with Crippen LogP contribution in [0.25, 0.3) is 0 Å². The molecule has 0 unspecified atom stereocenters. The first-order chi connectivity index (χ1) is 10.8. The van der Waals surface area contributed by atoms with Gasteiger partial charge in [-0.25, -0.2) is 0 Å². The molecule has 0 aliphatic heterocycles. The number of carbonyl (C=O) groups is 2. The Morgan fingerprint density at radius 2 is 1.83 bits per heavy atom. The van der Waals surface area contributed by atoms with Crippen LogP contribution in [0.15, 0.2) is 48.8 Å². The molecule has 0 aliphatic rings. The fourth-order valence-corrected chi connectivity index (χ4v) is 2.14. The summed E-state index contributed by atoms with van der Waals surface area (Å²) in [7, 11) is 0. The van der Waals surface area contributed by atoms with E-state index in [-0.39, 0.29) is 18.8 Å². The second kappa shape index (κ2) is 6.89. The summed E-state index contributed by atoms with van der Waals surface area (Å²) in [6.45, 7) is 2.88. The highest BCUT2D eigenvalue weighted by atomic mass is 16.3. The minimum absolute atomic E-state index is 0.0985. The lowest BCUT2D eigenvalue weighted by Gasteiger charge is -2.26. The fraction of sp³-hybridized carbons (Fsp3) is 0.333. The van der Waals surface area contributed by atoms with Gasteiger partial charge in [0, 0.05) is 29.8 Å². The summed E-state index contributed by atoms with van der Waals surface area (Å²) in [5, 5.41) is 19.3. The van der Waals surface area contributed by atoms with E-state index >= 15 is 0 Å². The van der Waals surface area contributed by atoms with Crippen molar-refractivity contribution in [3.63, 3.8) is 0 Å². The number of carbonyl (C=O) groups excluding carboxylic acids is 2. The van der Waals surface area contributed by atoms with Gasteiger partial charge in [0.05, 0.1) is 6.61 Å². The van der Waals surface area contributed by atoms with Crippen molar-refractivity contribution < 1.29 is 19.8 Å². The second-order valence-corrected chi connectivity index (χ2v) is 6.28. The second-order valence-electron chi connectivity index (χ2n) is 6.28. The molecule has 1 heterocycles. The molecule has 0 spiro atoms. The molecule has 0 aliphatic carbocycles. The number of hydrogen-bond donors (Lipinski definition) is 2. The van der Waals surface area contributed by atoms with Crippen LogP contribution in [0.3, 0.4) is 0 Å². The Morgan fingerprint density at radius 1 is 1.17 bits per heavy atom. The van der Waals surface area contributed by atoms with E-state index in [9.17, 15) is 19.8 Å². The molecule has 1 atom stereocenters. The van der Waals surface area contributed by atoms with Crippen LogP contribution in [-0.2, 0) is 6.42 Å². The first-order valence-electron chi connectivity index (χ1n) is 7.43. The van der Waals surface area contributed by atoms with Crippen LogP contribution in [0.2, 0.25) is 0 Å². The van der Waals surface area contributed by atoms with E-state index in [2.05, 4.69) is 0 Å². The normalized spacial score (nSPS) is 12.9. The lowest BCUT2D eigenvalue weighted by molar-refractivity contribution is 0.00641. The van der Waals surface area contributed by atoms with Crippen molar-refractivity contribution in [2.24, 2.45) is 5.41 Å². The van der Waals surface area contributed by atoms with Gasteiger partial charge in [0.25, 0.3) is 5.91 Å². The number of aliphatic hydroxyl groups excluding tert-OH is 2. The third-order valence-corrected chi connectivity index (χ3v) is 3.86. The number of hydrogen-bond acceptors (Lipinski definition) is 4. The number of aromatic nitrogens is 1. The van der Waals surface area contributed by atoms with Crippen molar-refractivity contribution in [3.8, 4) is 0 Å². The minimum atomic E-state index is -1.35. The standard InChI is InChI=1S/C18H21NO4/c1-18(2,12-20)16(22)17(23)19-9-8-14(11-19)15(21)10-13-6-4-3-5-7-13/h3-9,11,16,20,22H,10,12H2,1-2H3/t16-/m0/s1. The highest BCUT2D eigenvalue weighted by Gasteiger charge is 2.33. The van der Waals surface area contributed by atoms with Gasteiger partial charge in [0.2, 0.25) is 0 Å². The maximum Gasteiger partial charge on any atom is 0.260 e. The minimum Gasteiger partial charge on any atom is -0.396 e. The van der Waals surface area contributed by atoms with Crippen LogP contribution < -0.4 is 0 Å². The molecule has 0 amide bonds. The molecule has 0 saturated carbocycles. The van der Waals surface area contributed by atoms with E-state index in [1.165, 1.54) is 17.0 Å². The predicted molar refractivity (Wildman–Crippen MR) is 86.4 cm³/mol. The molecule has 0 fully saturated rings. The molecule has 1 aromatic heterocycles. The van der Waals surface area contributed by atoms with Crippen LogP contribution in [0.5, 0.6) is 0 Å². The van der Waals surface area contributed by atoms with Gasteiger partial charge in [-0.05, 0) is 11.6 Å². The highest BCUT2D eigenvalue weighted by Crippen LogP contribution is 2.21. The van der Waals surface area contributed by atoms with Crippen LogP contribution in [0.4, 0.5) is 0 Å².